The molecule has 10 nitrogen and oxygen atoms in total. The molecule has 5 aliphatic rings. The molecule has 0 spiro atoms. The first-order valence-corrected chi connectivity index (χ1v) is 18.4. The van der Waals surface area contributed by atoms with Crippen molar-refractivity contribution in [1.82, 2.24) is 29.5 Å². The molecule has 13 rings (SSSR count). The van der Waals surface area contributed by atoms with Crippen LogP contribution in [0.4, 0.5) is 0 Å². The molecule has 0 radical (unpaired) electrons. The number of ether oxygens (including phenoxy) is 4. The van der Waals surface area contributed by atoms with Crippen molar-refractivity contribution < 1.29 is 61.1 Å². The molecule has 4 aromatic heterocycles. The minimum absolute atomic E-state index is 0. The Balaban J connectivity index is 0.00000198. The predicted octanol–water partition coefficient (Wildman–Crippen LogP) is 3.98. The molecule has 0 saturated heterocycles. The zero-order chi connectivity index (χ0) is 37.2. The van der Waals surface area contributed by atoms with Crippen LogP contribution in [0.1, 0.15) is 17.5 Å². The van der Waals surface area contributed by atoms with Crippen LogP contribution < -0.4 is 51.7 Å². The molecule has 0 amide bonds. The largest absolute Gasteiger partial charge is 0.503 e. The summed E-state index contributed by atoms with van der Waals surface area (Å²) in [6, 6.07) is 38.0. The van der Waals surface area contributed by atoms with E-state index in [1.807, 2.05) is 85.2 Å². The zero-order valence-corrected chi connectivity index (χ0v) is 34.7. The molecule has 8 aromatic rings. The molecule has 0 N–H and O–H groups in total. The summed E-state index contributed by atoms with van der Waals surface area (Å²) in [5.41, 5.74) is 10.1. The van der Waals surface area contributed by atoms with Crippen molar-refractivity contribution in [1.29, 1.82) is 0 Å². The molecule has 4 aliphatic heterocycles. The average Bonchev–Trinajstić information content (AvgIpc) is 4.08. The van der Waals surface area contributed by atoms with Gasteiger partial charge in [0.05, 0.1) is 11.8 Å². The minimum atomic E-state index is -0.277. The molecule has 8 heterocycles. The van der Waals surface area contributed by atoms with Crippen molar-refractivity contribution in [3.8, 4) is 57.6 Å². The van der Waals surface area contributed by atoms with E-state index in [1.54, 1.807) is 34.2 Å². The van der Waals surface area contributed by atoms with E-state index in [-0.39, 0.29) is 55.6 Å². The number of hydrogen-bond donors (Lipinski definition) is 0. The molecular weight excluding hydrogens is 1100 g/mol. The predicted molar refractivity (Wildman–Crippen MR) is 211 cm³/mol. The van der Waals surface area contributed by atoms with Crippen molar-refractivity contribution in [2.75, 3.05) is 0 Å². The molecule has 0 atom stereocenters. The Kier molecular flexibility index (Phi) is 8.33. The van der Waals surface area contributed by atoms with Gasteiger partial charge in [0.15, 0.2) is 0 Å². The van der Waals surface area contributed by atoms with Gasteiger partial charge >= 0.3 is 0 Å². The average molecular weight is 1120 g/mol. The Morgan fingerprint density at radius 2 is 1.03 bits per heavy atom. The van der Waals surface area contributed by atoms with E-state index in [9.17, 15) is 0 Å². The minimum Gasteiger partial charge on any atom is -0.503 e. The molecule has 59 heavy (non-hydrogen) atoms. The fourth-order valence-corrected chi connectivity index (χ4v) is 8.38. The Hall–Kier alpha value is -6.21. The van der Waals surface area contributed by atoms with Crippen molar-refractivity contribution in [2.45, 2.75) is 6.42 Å². The molecule has 286 valence electrons. The number of aromatic nitrogens is 6. The monoisotopic (exact) mass is 1120 g/mol. The van der Waals surface area contributed by atoms with E-state index >= 15 is 0 Å². The van der Waals surface area contributed by atoms with Gasteiger partial charge in [0.1, 0.15) is 23.0 Å². The van der Waals surface area contributed by atoms with Gasteiger partial charge in [-0.3, -0.25) is 27.1 Å². The Morgan fingerprint density at radius 1 is 0.525 bits per heavy atom. The topological polar surface area (TPSA) is 98.3 Å². The molecular formula is C45H20B2N6O4Pt2-6. The van der Waals surface area contributed by atoms with Crippen LogP contribution in [0.3, 0.4) is 0 Å². The van der Waals surface area contributed by atoms with Gasteiger partial charge in [-0.15, -0.1) is 46.1 Å². The number of fused-ring (bicyclic) bond motifs is 8. The van der Waals surface area contributed by atoms with Crippen molar-refractivity contribution >= 4 is 57.3 Å². The maximum atomic E-state index is 6.46. The SMILES string of the molecule is [C-]1=C(c2[c-]c3c(cc2)Oc2cccc4c2B3c2[c-]c(-n3cccn3)cnc2O4)[C-]=C(c2[c-]c3c(cc2)Oc2cccc4c2B3c2[c-]c(-n3cccn3)cnc2O4)C1.[Pt].[Pt]. The smallest absolute Gasteiger partial charge is 0.215 e. The van der Waals surface area contributed by atoms with E-state index in [0.29, 0.717) is 46.8 Å². The van der Waals surface area contributed by atoms with Gasteiger partial charge in [0.2, 0.25) is 13.4 Å². The van der Waals surface area contributed by atoms with Gasteiger partial charge < -0.3 is 52.2 Å². The maximum Gasteiger partial charge on any atom is 0.215 e. The van der Waals surface area contributed by atoms with Crippen LogP contribution in [-0.2, 0) is 42.1 Å². The molecule has 0 fully saturated rings. The summed E-state index contributed by atoms with van der Waals surface area (Å²) in [4.78, 5) is 9.41. The Labute approximate surface area is 367 Å². The second kappa shape index (κ2) is 13.7. The van der Waals surface area contributed by atoms with Gasteiger partial charge in [-0.05, 0) is 47.8 Å². The van der Waals surface area contributed by atoms with Crippen molar-refractivity contribution in [2.24, 2.45) is 0 Å². The number of nitrogens with zero attached hydrogens (tertiary/aromatic N) is 6. The number of hydrogen-bond acceptors (Lipinski definition) is 8. The molecule has 0 bridgehead atoms. The maximum absolute atomic E-state index is 6.46. The van der Waals surface area contributed by atoms with Gasteiger partial charge in [-0.2, -0.15) is 34.3 Å². The fraction of sp³-hybridized carbons (Fsp3) is 0.0222. The number of benzene rings is 4. The third-order valence-corrected chi connectivity index (χ3v) is 10.9. The van der Waals surface area contributed by atoms with Gasteiger partial charge in [-0.25, -0.2) is 0 Å². The first kappa shape index (κ1) is 35.9. The summed E-state index contributed by atoms with van der Waals surface area (Å²) in [5, 5.41) is 8.81. The van der Waals surface area contributed by atoms with E-state index < -0.39 is 0 Å². The molecule has 0 unspecified atom stereocenters. The second-order valence-electron chi connectivity index (χ2n) is 14.1. The van der Waals surface area contributed by atoms with Crippen LogP contribution >= 0.6 is 0 Å². The second-order valence-corrected chi connectivity index (χ2v) is 14.1. The summed E-state index contributed by atoms with van der Waals surface area (Å²) in [6.45, 7) is -0.546. The van der Waals surface area contributed by atoms with E-state index in [0.717, 1.165) is 72.3 Å². The van der Waals surface area contributed by atoms with Crippen LogP contribution in [0.25, 0.3) is 22.5 Å². The summed E-state index contributed by atoms with van der Waals surface area (Å²) in [6.07, 6.45) is 18.4. The first-order chi connectivity index (χ1) is 28.2. The molecule has 4 aromatic carbocycles. The van der Waals surface area contributed by atoms with Crippen LogP contribution in [0.15, 0.2) is 110 Å². The first-order valence-electron chi connectivity index (χ1n) is 18.4. The van der Waals surface area contributed by atoms with Crippen LogP contribution in [0.5, 0.6) is 46.3 Å². The van der Waals surface area contributed by atoms with Crippen LogP contribution in [0.2, 0.25) is 0 Å². The normalized spacial score (nSPS) is 14.1. The Morgan fingerprint density at radius 3 is 1.56 bits per heavy atom. The van der Waals surface area contributed by atoms with E-state index in [4.69, 9.17) is 28.9 Å². The number of rotatable bonds is 4. The summed E-state index contributed by atoms with van der Waals surface area (Å²) >= 11 is 0. The number of allylic oxidation sites excluding steroid dienone is 4. The van der Waals surface area contributed by atoms with Gasteiger partial charge in [0.25, 0.3) is 0 Å². The summed E-state index contributed by atoms with van der Waals surface area (Å²) in [7, 11) is 0. The van der Waals surface area contributed by atoms with Crippen LogP contribution in [0, 0.1) is 36.4 Å². The Bertz CT molecular complexity index is 3070. The van der Waals surface area contributed by atoms with Crippen LogP contribution in [-0.4, -0.2) is 43.0 Å². The van der Waals surface area contributed by atoms with Crippen molar-refractivity contribution in [3.05, 3.63) is 158 Å². The van der Waals surface area contributed by atoms with Gasteiger partial charge in [-0.1, -0.05) is 24.5 Å². The van der Waals surface area contributed by atoms with Crippen molar-refractivity contribution in [3.63, 3.8) is 0 Å². The molecule has 14 heteroatoms. The van der Waals surface area contributed by atoms with E-state index in [2.05, 4.69) is 46.6 Å². The van der Waals surface area contributed by atoms with E-state index in [1.165, 1.54) is 0 Å². The molecule has 1 aliphatic carbocycles. The van der Waals surface area contributed by atoms with Gasteiger partial charge in [0, 0.05) is 89.3 Å². The third-order valence-electron chi connectivity index (χ3n) is 10.9. The summed E-state index contributed by atoms with van der Waals surface area (Å²) in [5.74, 6) is 5.28. The fourth-order valence-electron chi connectivity index (χ4n) is 8.38. The third kappa shape index (κ3) is 5.50. The quantitative estimate of drug-likeness (QED) is 0.193. The summed E-state index contributed by atoms with van der Waals surface area (Å²) < 4.78 is 29.0. The standard InChI is InChI=1S/C45H20B2N6O4.2Pt/c1-5-38-42-40(7-1)56-44-34(22-30(24-48-44)52-17-3-15-50-52)46(42)32-20-28(11-13-36(32)54-38)26-9-10-27(19-26)29-12-14-37-33(21-29)47-35-23-31(53-18-4-16-51-53)25-49-45(35)57-41-8-2-6-39(55-37)43(41)47;;/h1-8,11-18,24-25H,9H2;;/q-6;;. The zero-order valence-electron chi connectivity index (χ0n) is 30.2. The molecule has 0 saturated carbocycles. The number of pyridine rings is 2.